The van der Waals surface area contributed by atoms with Crippen molar-refractivity contribution in [3.63, 3.8) is 0 Å². The van der Waals surface area contributed by atoms with Gasteiger partial charge in [0, 0.05) is 15.1 Å². The first kappa shape index (κ1) is 13.3. The molecule has 0 aliphatic heterocycles. The molecule has 6 heteroatoms. The Labute approximate surface area is 127 Å². The van der Waals surface area contributed by atoms with Crippen LogP contribution in [0.5, 0.6) is 0 Å². The summed E-state index contributed by atoms with van der Waals surface area (Å²) in [6.07, 6.45) is 0. The first-order valence-electron chi connectivity index (χ1n) is 5.68. The Morgan fingerprint density at radius 3 is 2.55 bits per heavy atom. The Hall–Kier alpha value is -1.72. The maximum Gasteiger partial charge on any atom is 0.261 e. The number of hydrogen-bond donors (Lipinski definition) is 0. The van der Waals surface area contributed by atoms with Crippen LogP contribution in [0.2, 0.25) is 5.02 Å². The number of hydrogen-bond acceptors (Lipinski definition) is 3. The quantitative estimate of drug-likeness (QED) is 0.654. The van der Waals surface area contributed by atoms with Crippen LogP contribution in [0.4, 0.5) is 4.39 Å². The van der Waals surface area contributed by atoms with Gasteiger partial charge in [0.2, 0.25) is 5.82 Å². The van der Waals surface area contributed by atoms with E-state index >= 15 is 0 Å². The van der Waals surface area contributed by atoms with Gasteiger partial charge in [0.25, 0.3) is 5.89 Å². The summed E-state index contributed by atoms with van der Waals surface area (Å²) in [5.74, 6) is 0.0300. The summed E-state index contributed by atoms with van der Waals surface area (Å²) in [5, 5.41) is 4.17. The Bertz CT molecular complexity index is 758. The molecule has 100 valence electrons. The van der Waals surface area contributed by atoms with Crippen LogP contribution in [0, 0.1) is 5.82 Å². The van der Waals surface area contributed by atoms with Crippen LogP contribution in [-0.4, -0.2) is 10.1 Å². The summed E-state index contributed by atoms with van der Waals surface area (Å²) in [6, 6.07) is 11.7. The summed E-state index contributed by atoms with van der Waals surface area (Å²) in [7, 11) is 0. The van der Waals surface area contributed by atoms with Crippen molar-refractivity contribution >= 4 is 27.5 Å². The molecule has 0 amide bonds. The molecule has 0 saturated carbocycles. The standard InChI is InChI=1S/C14H7BrClFN2O/c15-9-3-1-8(2-4-9)13-18-14(20-19-13)11-6-5-10(16)7-12(11)17/h1-7H. The molecule has 0 atom stereocenters. The predicted molar refractivity (Wildman–Crippen MR) is 77.8 cm³/mol. The van der Waals surface area contributed by atoms with Crippen molar-refractivity contribution in [2.24, 2.45) is 0 Å². The average Bonchev–Trinajstić information content (AvgIpc) is 2.89. The smallest absolute Gasteiger partial charge is 0.261 e. The van der Waals surface area contributed by atoms with Gasteiger partial charge in [-0.2, -0.15) is 4.98 Å². The highest BCUT2D eigenvalue weighted by molar-refractivity contribution is 9.10. The lowest BCUT2D eigenvalue weighted by atomic mass is 10.2. The number of rotatable bonds is 2. The third kappa shape index (κ3) is 2.59. The molecule has 0 N–H and O–H groups in total. The Balaban J connectivity index is 1.99. The van der Waals surface area contributed by atoms with Gasteiger partial charge in [0.1, 0.15) is 5.82 Å². The second kappa shape index (κ2) is 5.34. The molecule has 1 aromatic heterocycles. The fourth-order valence-corrected chi connectivity index (χ4v) is 2.14. The minimum atomic E-state index is -0.497. The van der Waals surface area contributed by atoms with Crippen molar-refractivity contribution < 1.29 is 8.91 Å². The second-order valence-corrected chi connectivity index (χ2v) is 5.41. The fraction of sp³-hybridized carbons (Fsp3) is 0. The van der Waals surface area contributed by atoms with Crippen molar-refractivity contribution in [2.45, 2.75) is 0 Å². The van der Waals surface area contributed by atoms with Gasteiger partial charge in [0.05, 0.1) is 5.56 Å². The monoisotopic (exact) mass is 352 g/mol. The van der Waals surface area contributed by atoms with Crippen molar-refractivity contribution in [3.8, 4) is 22.8 Å². The zero-order valence-corrected chi connectivity index (χ0v) is 12.3. The Morgan fingerprint density at radius 2 is 1.85 bits per heavy atom. The zero-order valence-electron chi connectivity index (χ0n) is 9.98. The van der Waals surface area contributed by atoms with Crippen LogP contribution >= 0.6 is 27.5 Å². The van der Waals surface area contributed by atoms with Gasteiger partial charge in [-0.05, 0) is 42.5 Å². The van der Waals surface area contributed by atoms with Crippen LogP contribution < -0.4 is 0 Å². The van der Waals surface area contributed by atoms with E-state index in [-0.39, 0.29) is 11.5 Å². The van der Waals surface area contributed by atoms with Crippen LogP contribution in [0.1, 0.15) is 0 Å². The van der Waals surface area contributed by atoms with Gasteiger partial charge in [-0.1, -0.05) is 32.7 Å². The molecule has 2 aromatic carbocycles. The van der Waals surface area contributed by atoms with E-state index in [4.69, 9.17) is 16.1 Å². The molecule has 20 heavy (non-hydrogen) atoms. The van der Waals surface area contributed by atoms with Gasteiger partial charge in [-0.25, -0.2) is 4.39 Å². The number of nitrogens with zero attached hydrogens (tertiary/aromatic N) is 2. The van der Waals surface area contributed by atoms with Gasteiger partial charge in [-0.3, -0.25) is 0 Å². The van der Waals surface area contributed by atoms with E-state index in [9.17, 15) is 4.39 Å². The highest BCUT2D eigenvalue weighted by Crippen LogP contribution is 2.26. The molecule has 1 heterocycles. The SMILES string of the molecule is Fc1cc(Cl)ccc1-c1nc(-c2ccc(Br)cc2)no1. The van der Waals surface area contributed by atoms with Crippen molar-refractivity contribution in [1.29, 1.82) is 0 Å². The molecule has 0 unspecified atom stereocenters. The number of aromatic nitrogens is 2. The summed E-state index contributed by atoms with van der Waals surface area (Å²) in [6.45, 7) is 0. The molecule has 3 nitrogen and oxygen atoms in total. The van der Waals surface area contributed by atoms with Crippen molar-refractivity contribution in [3.05, 3.63) is 57.8 Å². The summed E-state index contributed by atoms with van der Waals surface area (Å²) >= 11 is 9.06. The van der Waals surface area contributed by atoms with Gasteiger partial charge >= 0.3 is 0 Å². The minimum absolute atomic E-state index is 0.122. The van der Waals surface area contributed by atoms with Crippen LogP contribution in [-0.2, 0) is 0 Å². The molecule has 0 aliphatic rings. The fourth-order valence-electron chi connectivity index (χ4n) is 1.71. The van der Waals surface area contributed by atoms with E-state index in [1.165, 1.54) is 12.1 Å². The molecular weight excluding hydrogens is 347 g/mol. The zero-order chi connectivity index (χ0) is 14.1. The topological polar surface area (TPSA) is 38.9 Å². The van der Waals surface area contributed by atoms with E-state index in [0.717, 1.165) is 10.0 Å². The Kier molecular flexibility index (Phi) is 3.54. The van der Waals surface area contributed by atoms with Crippen LogP contribution in [0.25, 0.3) is 22.8 Å². The Morgan fingerprint density at radius 1 is 1.10 bits per heavy atom. The maximum absolute atomic E-state index is 13.8. The molecule has 0 bridgehead atoms. The molecule has 0 aliphatic carbocycles. The van der Waals surface area contributed by atoms with Crippen molar-refractivity contribution in [1.82, 2.24) is 10.1 Å². The highest BCUT2D eigenvalue weighted by atomic mass is 79.9. The predicted octanol–water partition coefficient (Wildman–Crippen LogP) is 4.96. The molecule has 0 radical (unpaired) electrons. The molecule has 0 fully saturated rings. The van der Waals surface area contributed by atoms with E-state index < -0.39 is 5.82 Å². The van der Waals surface area contributed by atoms with Gasteiger partial charge in [0.15, 0.2) is 0 Å². The number of halogens is 3. The second-order valence-electron chi connectivity index (χ2n) is 4.05. The average molecular weight is 354 g/mol. The molecular formula is C14H7BrClFN2O. The van der Waals surface area contributed by atoms with Crippen LogP contribution in [0.15, 0.2) is 51.5 Å². The minimum Gasteiger partial charge on any atom is -0.334 e. The largest absolute Gasteiger partial charge is 0.334 e. The summed E-state index contributed by atoms with van der Waals surface area (Å²) in [5.41, 5.74) is 1.02. The van der Waals surface area contributed by atoms with Crippen LogP contribution in [0.3, 0.4) is 0 Å². The van der Waals surface area contributed by atoms with E-state index in [2.05, 4.69) is 26.1 Å². The van der Waals surface area contributed by atoms with E-state index in [1.807, 2.05) is 24.3 Å². The van der Waals surface area contributed by atoms with Gasteiger partial charge in [-0.15, -0.1) is 0 Å². The highest BCUT2D eigenvalue weighted by Gasteiger charge is 2.14. The summed E-state index contributed by atoms with van der Waals surface area (Å²) in [4.78, 5) is 4.19. The normalized spacial score (nSPS) is 10.8. The molecule has 3 aromatic rings. The third-order valence-corrected chi connectivity index (χ3v) is 3.45. The van der Waals surface area contributed by atoms with E-state index in [0.29, 0.717) is 10.8 Å². The molecule has 0 saturated heterocycles. The summed E-state index contributed by atoms with van der Waals surface area (Å²) < 4.78 is 19.8. The molecule has 0 spiro atoms. The lowest BCUT2D eigenvalue weighted by Crippen LogP contribution is -1.85. The lowest BCUT2D eigenvalue weighted by molar-refractivity contribution is 0.429. The lowest BCUT2D eigenvalue weighted by Gasteiger charge is -1.97. The first-order chi connectivity index (χ1) is 9.63. The third-order valence-electron chi connectivity index (χ3n) is 2.69. The first-order valence-corrected chi connectivity index (χ1v) is 6.85. The van der Waals surface area contributed by atoms with Gasteiger partial charge < -0.3 is 4.52 Å². The number of benzene rings is 2. The molecule has 3 rings (SSSR count). The maximum atomic E-state index is 13.8. The van der Waals surface area contributed by atoms with Crippen molar-refractivity contribution in [2.75, 3.05) is 0 Å². The van der Waals surface area contributed by atoms with E-state index in [1.54, 1.807) is 6.07 Å².